The number of rotatable bonds is 1. The maximum absolute atomic E-state index is 12.8. The summed E-state index contributed by atoms with van der Waals surface area (Å²) in [5.41, 5.74) is 11.4. The van der Waals surface area contributed by atoms with Gasteiger partial charge in [-0.3, -0.25) is 4.79 Å². The highest BCUT2D eigenvalue weighted by atomic mass is 35.5. The van der Waals surface area contributed by atoms with E-state index in [-0.39, 0.29) is 27.7 Å². The lowest BCUT2D eigenvalue weighted by Gasteiger charge is -2.13. The normalized spacial score (nSPS) is 14.5. The number of aliphatic imine (C=N–C) groups is 1. The number of ether oxygens (including phenoxy) is 1. The van der Waals surface area contributed by atoms with Crippen molar-refractivity contribution in [2.75, 3.05) is 0 Å². The molecular formula is C16H14ClN3O4S. The van der Waals surface area contributed by atoms with Gasteiger partial charge in [0.25, 0.3) is 5.91 Å². The van der Waals surface area contributed by atoms with Gasteiger partial charge >= 0.3 is 0 Å². The van der Waals surface area contributed by atoms with E-state index in [1.807, 2.05) is 0 Å². The van der Waals surface area contributed by atoms with Crippen molar-refractivity contribution < 1.29 is 17.9 Å². The van der Waals surface area contributed by atoms with Gasteiger partial charge in [0, 0.05) is 11.1 Å². The number of carbonyl (C=O) groups is 1. The number of sulfone groups is 1. The Morgan fingerprint density at radius 2 is 1.96 bits per heavy atom. The van der Waals surface area contributed by atoms with Crippen molar-refractivity contribution in [3.63, 3.8) is 0 Å². The van der Waals surface area contributed by atoms with E-state index in [0.29, 0.717) is 16.1 Å². The van der Waals surface area contributed by atoms with Crippen LogP contribution in [0.1, 0.15) is 21.5 Å². The Labute approximate surface area is 149 Å². The van der Waals surface area contributed by atoms with Gasteiger partial charge in [-0.25, -0.2) is 8.42 Å². The summed E-state index contributed by atoms with van der Waals surface area (Å²) in [6.45, 7) is 1.63. The van der Waals surface area contributed by atoms with Gasteiger partial charge in [0.1, 0.15) is 16.4 Å². The number of para-hydroxylation sites is 1. The number of hydrogen-bond donors (Lipinski definition) is 2. The van der Waals surface area contributed by atoms with Gasteiger partial charge in [-0.15, -0.1) is 0 Å². The molecule has 0 atom stereocenters. The van der Waals surface area contributed by atoms with Crippen molar-refractivity contribution >= 4 is 33.3 Å². The van der Waals surface area contributed by atoms with Crippen LogP contribution in [0.3, 0.4) is 0 Å². The van der Waals surface area contributed by atoms with Gasteiger partial charge in [-0.2, -0.15) is 4.99 Å². The fourth-order valence-electron chi connectivity index (χ4n) is 2.57. The van der Waals surface area contributed by atoms with Crippen LogP contribution in [0.2, 0.25) is 5.02 Å². The molecule has 3 rings (SSSR count). The first-order chi connectivity index (χ1) is 11.7. The van der Waals surface area contributed by atoms with E-state index in [1.165, 1.54) is 12.1 Å². The van der Waals surface area contributed by atoms with Gasteiger partial charge < -0.3 is 16.2 Å². The summed E-state index contributed by atoms with van der Waals surface area (Å²) in [5, 5.41) is 0.306. The van der Waals surface area contributed by atoms with Crippen LogP contribution < -0.4 is 16.2 Å². The molecule has 0 radical (unpaired) electrons. The summed E-state index contributed by atoms with van der Waals surface area (Å²) in [6, 6.07) is 7.57. The second-order valence-corrected chi connectivity index (χ2v) is 7.92. The molecule has 1 amide bonds. The number of halogens is 1. The number of benzene rings is 2. The van der Waals surface area contributed by atoms with Crippen molar-refractivity contribution in [2.45, 2.75) is 17.6 Å². The summed E-state index contributed by atoms with van der Waals surface area (Å²) in [6.07, 6.45) is 0. The zero-order chi connectivity index (χ0) is 18.4. The molecule has 0 spiro atoms. The van der Waals surface area contributed by atoms with E-state index in [1.54, 1.807) is 25.1 Å². The van der Waals surface area contributed by atoms with Gasteiger partial charge in [0.05, 0.1) is 10.8 Å². The summed E-state index contributed by atoms with van der Waals surface area (Å²) in [4.78, 5) is 15.4. The van der Waals surface area contributed by atoms with Crippen molar-refractivity contribution in [1.82, 2.24) is 0 Å². The number of fused-ring (bicyclic) bond motifs is 2. The van der Waals surface area contributed by atoms with Crippen LogP contribution in [0.25, 0.3) is 0 Å². The molecule has 0 unspecified atom stereocenters. The lowest BCUT2D eigenvalue weighted by molar-refractivity contribution is 0.100. The molecule has 2 aromatic carbocycles. The summed E-state index contributed by atoms with van der Waals surface area (Å²) in [7, 11) is -3.76. The minimum absolute atomic E-state index is 0.0499. The molecule has 4 N–H and O–H groups in total. The third-order valence-electron chi connectivity index (χ3n) is 3.65. The van der Waals surface area contributed by atoms with Gasteiger partial charge in [0.15, 0.2) is 15.8 Å². The van der Waals surface area contributed by atoms with E-state index in [2.05, 4.69) is 4.99 Å². The highest BCUT2D eigenvalue weighted by molar-refractivity contribution is 7.90. The van der Waals surface area contributed by atoms with Gasteiger partial charge in [-0.1, -0.05) is 23.7 Å². The third kappa shape index (κ3) is 3.18. The fourth-order valence-corrected chi connectivity index (χ4v) is 4.39. The number of carbonyl (C=O) groups excluding carboxylic acids is 1. The van der Waals surface area contributed by atoms with Gasteiger partial charge in [-0.05, 0) is 30.7 Å². The molecule has 0 bridgehead atoms. The Balaban J connectivity index is 2.24. The predicted molar refractivity (Wildman–Crippen MR) is 93.7 cm³/mol. The Bertz CT molecular complexity index is 1030. The van der Waals surface area contributed by atoms with Crippen molar-refractivity contribution in [3.8, 4) is 11.5 Å². The zero-order valence-corrected chi connectivity index (χ0v) is 14.7. The Morgan fingerprint density at radius 1 is 1.24 bits per heavy atom. The van der Waals surface area contributed by atoms with E-state index >= 15 is 0 Å². The van der Waals surface area contributed by atoms with Crippen molar-refractivity contribution in [2.24, 2.45) is 16.5 Å². The molecule has 130 valence electrons. The third-order valence-corrected chi connectivity index (χ3v) is 5.61. The molecule has 0 aliphatic carbocycles. The smallest absolute Gasteiger partial charge is 0.280 e. The SMILES string of the molecule is Cc1cc(C(=O)N=C(N)N)cc2c1Oc1c(Cl)cccc1CS2(=O)=O. The molecule has 25 heavy (non-hydrogen) atoms. The quantitative estimate of drug-likeness (QED) is 0.577. The molecular weight excluding hydrogens is 366 g/mol. The van der Waals surface area contributed by atoms with Crippen LogP contribution in [0.15, 0.2) is 40.2 Å². The van der Waals surface area contributed by atoms with Crippen molar-refractivity contribution in [1.29, 1.82) is 0 Å². The van der Waals surface area contributed by atoms with Gasteiger partial charge in [0.2, 0.25) is 0 Å². The maximum atomic E-state index is 12.8. The van der Waals surface area contributed by atoms with E-state index in [4.69, 9.17) is 27.8 Å². The first-order valence-corrected chi connectivity index (χ1v) is 9.18. The molecule has 1 aliphatic rings. The van der Waals surface area contributed by atoms with E-state index < -0.39 is 21.7 Å². The molecule has 0 aromatic heterocycles. The van der Waals surface area contributed by atoms with Crippen LogP contribution in [-0.4, -0.2) is 20.3 Å². The minimum atomic E-state index is -3.76. The second kappa shape index (κ2) is 6.05. The van der Waals surface area contributed by atoms with Crippen LogP contribution >= 0.6 is 11.6 Å². The average molecular weight is 380 g/mol. The number of guanidine groups is 1. The first-order valence-electron chi connectivity index (χ1n) is 7.15. The van der Waals surface area contributed by atoms with E-state index in [9.17, 15) is 13.2 Å². The molecule has 1 aliphatic heterocycles. The second-order valence-electron chi connectivity index (χ2n) is 5.55. The molecule has 0 saturated carbocycles. The summed E-state index contributed by atoms with van der Waals surface area (Å²) < 4.78 is 31.4. The molecule has 9 heteroatoms. The fraction of sp³-hybridized carbons (Fsp3) is 0.125. The summed E-state index contributed by atoms with van der Waals surface area (Å²) >= 11 is 6.15. The zero-order valence-electron chi connectivity index (χ0n) is 13.1. The monoisotopic (exact) mass is 379 g/mol. The standard InChI is InChI=1S/C16H14ClN3O4S/c1-8-5-10(15(21)20-16(18)19)6-12-13(8)24-14-9(7-25(12,22)23)3-2-4-11(14)17/h2-6H,7H2,1H3,(H4,18,19,20,21). The predicted octanol–water partition coefficient (Wildman–Crippen LogP) is 2.14. The lowest BCUT2D eigenvalue weighted by Crippen LogP contribution is -2.24. The average Bonchev–Trinajstić information content (AvgIpc) is 2.61. The number of nitrogens with two attached hydrogens (primary N) is 2. The van der Waals surface area contributed by atoms with E-state index in [0.717, 1.165) is 0 Å². The molecule has 7 nitrogen and oxygen atoms in total. The van der Waals surface area contributed by atoms with Crippen LogP contribution in [0.5, 0.6) is 11.5 Å². The highest BCUT2D eigenvalue weighted by Crippen LogP contribution is 2.43. The molecule has 0 fully saturated rings. The Kier molecular flexibility index (Phi) is 4.18. The largest absolute Gasteiger partial charge is 0.454 e. The molecule has 0 saturated heterocycles. The summed E-state index contributed by atoms with van der Waals surface area (Å²) in [5.74, 6) is -1.02. The number of amides is 1. The number of aryl methyl sites for hydroxylation is 1. The van der Waals surface area contributed by atoms with Crippen molar-refractivity contribution in [3.05, 3.63) is 52.0 Å². The minimum Gasteiger partial charge on any atom is -0.454 e. The topological polar surface area (TPSA) is 125 Å². The highest BCUT2D eigenvalue weighted by Gasteiger charge is 2.30. The number of hydrogen-bond acceptors (Lipinski definition) is 4. The number of nitrogens with zero attached hydrogens (tertiary/aromatic N) is 1. The van der Waals surface area contributed by atoms with Crippen LogP contribution in [0, 0.1) is 6.92 Å². The molecule has 2 aromatic rings. The first kappa shape index (κ1) is 17.2. The van der Waals surface area contributed by atoms with Crippen LogP contribution in [0.4, 0.5) is 0 Å². The molecule has 1 heterocycles. The maximum Gasteiger partial charge on any atom is 0.280 e. The van der Waals surface area contributed by atoms with Crippen LogP contribution in [-0.2, 0) is 15.6 Å². The lowest BCUT2D eigenvalue weighted by atomic mass is 10.1. The Hall–Kier alpha value is -2.58. The Morgan fingerprint density at radius 3 is 2.64 bits per heavy atom.